The first-order valence-electron chi connectivity index (χ1n) is 8.14. The lowest BCUT2D eigenvalue weighted by Crippen LogP contribution is -2.48. The molecule has 0 atom stereocenters. The third-order valence-corrected chi connectivity index (χ3v) is 7.29. The van der Waals surface area contributed by atoms with Crippen LogP contribution < -0.4 is 10.4 Å². The van der Waals surface area contributed by atoms with Crippen LogP contribution in [0, 0.1) is 17.0 Å². The Morgan fingerprint density at radius 2 is 2.00 bits per heavy atom. The Kier molecular flexibility index (Phi) is 5.60. The molecule has 150 valence electrons. The summed E-state index contributed by atoms with van der Waals surface area (Å²) in [5.74, 6) is -0.661. The lowest BCUT2D eigenvalue weighted by molar-refractivity contribution is -0.385. The number of aromatic nitrogens is 1. The van der Waals surface area contributed by atoms with Gasteiger partial charge < -0.3 is 4.90 Å². The molecule has 3 rings (SSSR count). The van der Waals surface area contributed by atoms with Crippen molar-refractivity contribution in [3.8, 4) is 0 Å². The van der Waals surface area contributed by atoms with Crippen molar-refractivity contribution in [3.63, 3.8) is 0 Å². The van der Waals surface area contributed by atoms with Gasteiger partial charge in [-0.15, -0.1) is 0 Å². The molecular weight excluding hydrogens is 410 g/mol. The monoisotopic (exact) mass is 427 g/mol. The van der Waals surface area contributed by atoms with Gasteiger partial charge in [0.2, 0.25) is 10.0 Å². The first-order chi connectivity index (χ1) is 13.2. The highest BCUT2D eigenvalue weighted by Crippen LogP contribution is 2.27. The van der Waals surface area contributed by atoms with Crippen molar-refractivity contribution in [2.45, 2.75) is 11.8 Å². The molecule has 1 aromatic carbocycles. The number of carbonyl (C=O) groups excluding carboxylic acids is 1. The molecule has 1 aromatic heterocycles. The number of carbonyl (C=O) groups is 1. The van der Waals surface area contributed by atoms with E-state index in [0.717, 1.165) is 17.4 Å². The van der Waals surface area contributed by atoms with Crippen molar-refractivity contribution in [1.29, 1.82) is 0 Å². The number of sulfonamides is 1. The molecule has 2 heterocycles. The van der Waals surface area contributed by atoms with E-state index in [9.17, 15) is 23.3 Å². The molecule has 1 saturated heterocycles. The molecule has 13 heteroatoms. The maximum absolute atomic E-state index is 12.8. The number of nitrogens with zero attached hydrogens (tertiary/aromatic N) is 4. The number of amides is 1. The largest absolute Gasteiger partial charge is 0.345 e. The summed E-state index contributed by atoms with van der Waals surface area (Å²) >= 11 is 1.08. The van der Waals surface area contributed by atoms with E-state index in [-0.39, 0.29) is 28.5 Å². The van der Waals surface area contributed by atoms with Crippen LogP contribution in [0.25, 0.3) is 0 Å². The predicted molar refractivity (Wildman–Crippen MR) is 100 cm³/mol. The molecule has 1 fully saturated rings. The minimum atomic E-state index is -3.86. The van der Waals surface area contributed by atoms with E-state index in [1.807, 2.05) is 4.90 Å². The number of anilines is 1. The van der Waals surface area contributed by atoms with E-state index >= 15 is 0 Å². The number of piperazine rings is 1. The van der Waals surface area contributed by atoms with Gasteiger partial charge in [0, 0.05) is 37.8 Å². The minimum Gasteiger partial charge on any atom is -0.345 e. The van der Waals surface area contributed by atoms with Crippen LogP contribution in [0.5, 0.6) is 0 Å². The zero-order valence-corrected chi connectivity index (χ0v) is 16.4. The molecule has 28 heavy (non-hydrogen) atoms. The zero-order chi connectivity index (χ0) is 20.5. The van der Waals surface area contributed by atoms with E-state index in [1.165, 1.54) is 28.1 Å². The van der Waals surface area contributed by atoms with Crippen LogP contribution in [0.2, 0.25) is 0 Å². The fourth-order valence-electron chi connectivity index (χ4n) is 2.79. The summed E-state index contributed by atoms with van der Waals surface area (Å²) in [6.07, 6.45) is 1.33. The van der Waals surface area contributed by atoms with Crippen molar-refractivity contribution in [2.24, 2.45) is 0 Å². The number of nitro groups is 1. The van der Waals surface area contributed by atoms with Crippen LogP contribution in [0.15, 0.2) is 29.3 Å². The van der Waals surface area contributed by atoms with Gasteiger partial charge in [0.15, 0.2) is 5.13 Å². The summed E-state index contributed by atoms with van der Waals surface area (Å²) in [5, 5.41) is 20.3. The van der Waals surface area contributed by atoms with Crippen LogP contribution in [0.4, 0.5) is 10.8 Å². The standard InChI is InChI=1S/C15H17N5O6S2/c1-10-2-3-11(8-12(10)20(23)24)28(25,26)19-6-4-18(5-7-19)15-16-9-13(27-15)14(21)17-22/h2-3,8-9,22H,4-7H2,1H3,(H,17,21). The molecule has 0 spiro atoms. The second-order valence-electron chi connectivity index (χ2n) is 6.04. The van der Waals surface area contributed by atoms with Gasteiger partial charge in [-0.05, 0) is 13.0 Å². The van der Waals surface area contributed by atoms with Crippen LogP contribution in [-0.4, -0.2) is 59.9 Å². The van der Waals surface area contributed by atoms with Crippen molar-refractivity contribution in [3.05, 3.63) is 45.0 Å². The molecule has 0 bridgehead atoms. The van der Waals surface area contributed by atoms with Gasteiger partial charge in [-0.1, -0.05) is 17.4 Å². The Hall–Kier alpha value is -2.61. The molecule has 0 aliphatic carbocycles. The maximum atomic E-state index is 12.8. The molecule has 0 saturated carbocycles. The topological polar surface area (TPSA) is 146 Å². The third-order valence-electron chi connectivity index (χ3n) is 4.34. The molecular formula is C15H17N5O6S2. The molecule has 2 aromatic rings. The van der Waals surface area contributed by atoms with Gasteiger partial charge in [-0.2, -0.15) is 4.31 Å². The number of aryl methyl sites for hydroxylation is 1. The van der Waals surface area contributed by atoms with Gasteiger partial charge in [0.25, 0.3) is 11.6 Å². The molecule has 2 N–H and O–H groups in total. The van der Waals surface area contributed by atoms with Gasteiger partial charge in [0.1, 0.15) is 4.88 Å². The number of hydrogen-bond acceptors (Lipinski definition) is 9. The molecule has 0 unspecified atom stereocenters. The molecule has 1 aliphatic rings. The van der Waals surface area contributed by atoms with Crippen LogP contribution in [0.1, 0.15) is 15.2 Å². The Morgan fingerprint density at radius 1 is 1.32 bits per heavy atom. The van der Waals surface area contributed by atoms with E-state index < -0.39 is 20.9 Å². The molecule has 11 nitrogen and oxygen atoms in total. The average molecular weight is 427 g/mol. The first kappa shape index (κ1) is 20.1. The molecule has 0 radical (unpaired) electrons. The predicted octanol–water partition coefficient (Wildman–Crippen LogP) is 0.990. The van der Waals surface area contributed by atoms with Crippen LogP contribution in [-0.2, 0) is 10.0 Å². The van der Waals surface area contributed by atoms with Gasteiger partial charge in [-0.25, -0.2) is 18.9 Å². The lowest BCUT2D eigenvalue weighted by atomic mass is 10.2. The van der Waals surface area contributed by atoms with E-state index in [0.29, 0.717) is 23.8 Å². The number of nitrogens with one attached hydrogen (secondary N) is 1. The van der Waals surface area contributed by atoms with Crippen LogP contribution >= 0.6 is 11.3 Å². The van der Waals surface area contributed by atoms with E-state index in [4.69, 9.17) is 5.21 Å². The smallest absolute Gasteiger partial charge is 0.286 e. The average Bonchev–Trinajstić information content (AvgIpc) is 3.17. The van der Waals surface area contributed by atoms with Crippen molar-refractivity contribution >= 4 is 38.1 Å². The van der Waals surface area contributed by atoms with Gasteiger partial charge in [-0.3, -0.25) is 20.1 Å². The summed E-state index contributed by atoms with van der Waals surface area (Å²) in [5.41, 5.74) is 1.69. The minimum absolute atomic E-state index is 0.116. The van der Waals surface area contributed by atoms with Gasteiger partial charge in [0.05, 0.1) is 16.0 Å². The number of hydrogen-bond donors (Lipinski definition) is 2. The number of nitro benzene ring substituents is 1. The van der Waals surface area contributed by atoms with Crippen molar-refractivity contribution in [2.75, 3.05) is 31.1 Å². The van der Waals surface area contributed by atoms with Crippen molar-refractivity contribution in [1.82, 2.24) is 14.8 Å². The fraction of sp³-hybridized carbons (Fsp3) is 0.333. The fourth-order valence-corrected chi connectivity index (χ4v) is 5.09. The highest BCUT2D eigenvalue weighted by Gasteiger charge is 2.31. The van der Waals surface area contributed by atoms with E-state index in [1.54, 1.807) is 6.92 Å². The number of benzene rings is 1. The Bertz CT molecular complexity index is 1010. The number of hydroxylamine groups is 1. The summed E-state index contributed by atoms with van der Waals surface area (Å²) in [6, 6.07) is 3.87. The maximum Gasteiger partial charge on any atom is 0.286 e. The molecule has 1 amide bonds. The van der Waals surface area contributed by atoms with Crippen molar-refractivity contribution < 1.29 is 23.3 Å². The Labute approximate surface area is 164 Å². The summed E-state index contributed by atoms with van der Waals surface area (Å²) in [6.45, 7) is 2.59. The number of rotatable bonds is 5. The van der Waals surface area contributed by atoms with Gasteiger partial charge >= 0.3 is 0 Å². The zero-order valence-electron chi connectivity index (χ0n) is 14.7. The highest BCUT2D eigenvalue weighted by atomic mass is 32.2. The summed E-state index contributed by atoms with van der Waals surface area (Å²) in [7, 11) is -3.86. The SMILES string of the molecule is Cc1ccc(S(=O)(=O)N2CCN(c3ncc(C(=O)NO)s3)CC2)cc1[N+](=O)[O-]. The molecule has 1 aliphatic heterocycles. The Balaban J connectivity index is 1.73. The number of thiazole rings is 1. The first-order valence-corrected chi connectivity index (χ1v) is 10.4. The Morgan fingerprint density at radius 3 is 2.61 bits per heavy atom. The van der Waals surface area contributed by atoms with Crippen LogP contribution in [0.3, 0.4) is 0 Å². The summed E-state index contributed by atoms with van der Waals surface area (Å²) < 4.78 is 27.0. The lowest BCUT2D eigenvalue weighted by Gasteiger charge is -2.33. The second-order valence-corrected chi connectivity index (χ2v) is 8.99. The highest BCUT2D eigenvalue weighted by molar-refractivity contribution is 7.89. The van der Waals surface area contributed by atoms with E-state index in [2.05, 4.69) is 4.98 Å². The quantitative estimate of drug-likeness (QED) is 0.408. The normalized spacial score (nSPS) is 15.4. The third kappa shape index (κ3) is 3.82. The summed E-state index contributed by atoms with van der Waals surface area (Å²) in [4.78, 5) is 28.0. The second kappa shape index (κ2) is 7.79.